The van der Waals surface area contributed by atoms with Gasteiger partial charge in [0.2, 0.25) is 0 Å². The fourth-order valence-electron chi connectivity index (χ4n) is 1.34. The summed E-state index contributed by atoms with van der Waals surface area (Å²) < 4.78 is 1.10. The molecule has 0 saturated heterocycles. The summed E-state index contributed by atoms with van der Waals surface area (Å²) in [5.74, 6) is 0. The van der Waals surface area contributed by atoms with Gasteiger partial charge >= 0.3 is 0 Å². The van der Waals surface area contributed by atoms with Crippen molar-refractivity contribution in [1.82, 2.24) is 10.2 Å². The van der Waals surface area contributed by atoms with Gasteiger partial charge in [0.1, 0.15) is 5.69 Å². The average molecular weight is 309 g/mol. The van der Waals surface area contributed by atoms with Crippen molar-refractivity contribution in [3.8, 4) is 17.3 Å². The highest BCUT2D eigenvalue weighted by molar-refractivity contribution is 14.1. The summed E-state index contributed by atoms with van der Waals surface area (Å²) in [6.45, 7) is 1.98. The fourth-order valence-corrected chi connectivity index (χ4v) is 1.90. The van der Waals surface area contributed by atoms with Gasteiger partial charge in [0.25, 0.3) is 0 Å². The monoisotopic (exact) mass is 309 g/mol. The maximum atomic E-state index is 8.80. The van der Waals surface area contributed by atoms with Crippen LogP contribution in [0.5, 0.6) is 0 Å². The standard InChI is InChI=1S/C11H8IN3/c1-7-10(12)11(15-14-7)9-4-2-3-8(5-9)6-13/h2-5H,1H3,(H,14,15). The second-order valence-corrected chi connectivity index (χ2v) is 4.28. The van der Waals surface area contributed by atoms with Crippen LogP contribution >= 0.6 is 22.6 Å². The number of aromatic amines is 1. The molecule has 0 unspecified atom stereocenters. The van der Waals surface area contributed by atoms with Crippen LogP contribution in [0.25, 0.3) is 11.3 Å². The minimum absolute atomic E-state index is 0.656. The fraction of sp³-hybridized carbons (Fsp3) is 0.0909. The first-order chi connectivity index (χ1) is 7.22. The molecule has 1 aromatic carbocycles. The van der Waals surface area contributed by atoms with Crippen LogP contribution in [0.15, 0.2) is 24.3 Å². The van der Waals surface area contributed by atoms with Gasteiger partial charge in [-0.3, -0.25) is 5.10 Å². The van der Waals surface area contributed by atoms with Crippen LogP contribution in [0.1, 0.15) is 11.3 Å². The molecular formula is C11H8IN3. The second-order valence-electron chi connectivity index (χ2n) is 3.20. The van der Waals surface area contributed by atoms with E-state index < -0.39 is 0 Å². The van der Waals surface area contributed by atoms with Crippen molar-refractivity contribution in [3.63, 3.8) is 0 Å². The molecular weight excluding hydrogens is 301 g/mol. The van der Waals surface area contributed by atoms with Crippen LogP contribution in [0.2, 0.25) is 0 Å². The van der Waals surface area contributed by atoms with E-state index in [2.05, 4.69) is 38.9 Å². The first kappa shape index (κ1) is 10.2. The lowest BCUT2D eigenvalue weighted by Gasteiger charge is -1.97. The third kappa shape index (κ3) is 1.88. The molecule has 3 nitrogen and oxygen atoms in total. The van der Waals surface area contributed by atoms with Crippen LogP contribution in [0.4, 0.5) is 0 Å². The van der Waals surface area contributed by atoms with E-state index in [4.69, 9.17) is 5.26 Å². The Balaban J connectivity index is 2.55. The number of nitriles is 1. The average Bonchev–Trinajstić information content (AvgIpc) is 2.60. The molecule has 0 aliphatic carbocycles. The molecule has 0 aliphatic heterocycles. The van der Waals surface area contributed by atoms with Crippen molar-refractivity contribution in [2.75, 3.05) is 0 Å². The van der Waals surface area contributed by atoms with Gasteiger partial charge < -0.3 is 0 Å². The summed E-state index contributed by atoms with van der Waals surface area (Å²) >= 11 is 2.25. The van der Waals surface area contributed by atoms with Gasteiger partial charge in [-0.2, -0.15) is 10.4 Å². The van der Waals surface area contributed by atoms with Gasteiger partial charge in [-0.15, -0.1) is 0 Å². The van der Waals surface area contributed by atoms with Gasteiger partial charge in [-0.1, -0.05) is 12.1 Å². The van der Waals surface area contributed by atoms with E-state index in [9.17, 15) is 0 Å². The smallest absolute Gasteiger partial charge is 0.106 e. The molecule has 1 aromatic heterocycles. The molecule has 1 heterocycles. The molecule has 0 bridgehead atoms. The SMILES string of the molecule is Cc1[nH]nc(-c2cccc(C#N)c2)c1I. The number of aromatic nitrogens is 2. The predicted molar refractivity (Wildman–Crippen MR) is 66.2 cm³/mol. The van der Waals surface area contributed by atoms with Crippen molar-refractivity contribution in [1.29, 1.82) is 5.26 Å². The molecule has 2 aromatic rings. The summed E-state index contributed by atoms with van der Waals surface area (Å²) in [7, 11) is 0. The van der Waals surface area contributed by atoms with E-state index in [1.54, 1.807) is 6.07 Å². The minimum Gasteiger partial charge on any atom is -0.281 e. The number of halogens is 1. The van der Waals surface area contributed by atoms with Crippen LogP contribution in [0.3, 0.4) is 0 Å². The summed E-state index contributed by atoms with van der Waals surface area (Å²) in [6, 6.07) is 9.58. The zero-order chi connectivity index (χ0) is 10.8. The zero-order valence-corrected chi connectivity index (χ0v) is 10.2. The molecule has 0 amide bonds. The van der Waals surface area contributed by atoms with E-state index >= 15 is 0 Å². The lowest BCUT2D eigenvalue weighted by atomic mass is 10.1. The van der Waals surface area contributed by atoms with E-state index in [0.29, 0.717) is 5.56 Å². The minimum atomic E-state index is 0.656. The highest BCUT2D eigenvalue weighted by atomic mass is 127. The Morgan fingerprint density at radius 1 is 1.47 bits per heavy atom. The van der Waals surface area contributed by atoms with Gasteiger partial charge in [-0.05, 0) is 41.6 Å². The van der Waals surface area contributed by atoms with Crippen molar-refractivity contribution in [3.05, 3.63) is 39.1 Å². The molecule has 1 N–H and O–H groups in total. The van der Waals surface area contributed by atoms with Crippen molar-refractivity contribution in [2.45, 2.75) is 6.92 Å². The zero-order valence-electron chi connectivity index (χ0n) is 8.08. The van der Waals surface area contributed by atoms with Crippen LogP contribution in [-0.4, -0.2) is 10.2 Å². The maximum absolute atomic E-state index is 8.80. The molecule has 0 fully saturated rings. The Morgan fingerprint density at radius 3 is 2.87 bits per heavy atom. The normalized spacial score (nSPS) is 9.93. The number of aryl methyl sites for hydroxylation is 1. The first-order valence-corrected chi connectivity index (χ1v) is 5.51. The molecule has 4 heteroatoms. The van der Waals surface area contributed by atoms with Crippen LogP contribution < -0.4 is 0 Å². The summed E-state index contributed by atoms with van der Waals surface area (Å²) in [5.41, 5.74) is 3.59. The number of nitrogens with zero attached hydrogens (tertiary/aromatic N) is 2. The molecule has 0 spiro atoms. The summed E-state index contributed by atoms with van der Waals surface area (Å²) in [6.07, 6.45) is 0. The van der Waals surface area contributed by atoms with Crippen molar-refractivity contribution >= 4 is 22.6 Å². The number of hydrogen-bond acceptors (Lipinski definition) is 2. The van der Waals surface area contributed by atoms with Crippen molar-refractivity contribution in [2.24, 2.45) is 0 Å². The number of nitrogens with one attached hydrogen (secondary N) is 1. The highest BCUT2D eigenvalue weighted by Crippen LogP contribution is 2.25. The van der Waals surface area contributed by atoms with Gasteiger partial charge in [0, 0.05) is 11.3 Å². The number of benzene rings is 1. The van der Waals surface area contributed by atoms with Gasteiger partial charge in [0.05, 0.1) is 15.2 Å². The molecule has 15 heavy (non-hydrogen) atoms. The first-order valence-electron chi connectivity index (χ1n) is 4.43. The third-order valence-corrected chi connectivity index (χ3v) is 3.46. The molecule has 74 valence electrons. The Bertz CT molecular complexity index is 537. The quantitative estimate of drug-likeness (QED) is 0.824. The third-order valence-electron chi connectivity index (χ3n) is 2.14. The molecule has 0 saturated carbocycles. The number of hydrogen-bond donors (Lipinski definition) is 1. The van der Waals surface area contributed by atoms with E-state index in [0.717, 1.165) is 20.5 Å². The maximum Gasteiger partial charge on any atom is 0.106 e. The van der Waals surface area contributed by atoms with E-state index in [1.807, 2.05) is 25.1 Å². The Labute approximate surface area is 101 Å². The molecule has 2 rings (SSSR count). The summed E-state index contributed by atoms with van der Waals surface area (Å²) in [4.78, 5) is 0. The predicted octanol–water partition coefficient (Wildman–Crippen LogP) is 2.86. The Kier molecular flexibility index (Phi) is 2.73. The van der Waals surface area contributed by atoms with Crippen molar-refractivity contribution < 1.29 is 0 Å². The van der Waals surface area contributed by atoms with E-state index in [1.165, 1.54) is 0 Å². The Hall–Kier alpha value is -1.35. The summed E-state index contributed by atoms with van der Waals surface area (Å²) in [5, 5.41) is 16.0. The van der Waals surface area contributed by atoms with Crippen LogP contribution in [-0.2, 0) is 0 Å². The lowest BCUT2D eigenvalue weighted by molar-refractivity contribution is 1.05. The molecule has 0 atom stereocenters. The highest BCUT2D eigenvalue weighted by Gasteiger charge is 2.09. The number of H-pyrrole nitrogens is 1. The van der Waals surface area contributed by atoms with Gasteiger partial charge in [0.15, 0.2) is 0 Å². The van der Waals surface area contributed by atoms with E-state index in [-0.39, 0.29) is 0 Å². The topological polar surface area (TPSA) is 52.5 Å². The molecule has 0 aliphatic rings. The number of rotatable bonds is 1. The Morgan fingerprint density at radius 2 is 2.27 bits per heavy atom. The lowest BCUT2D eigenvalue weighted by Crippen LogP contribution is -1.82. The second kappa shape index (κ2) is 4.03. The van der Waals surface area contributed by atoms with Gasteiger partial charge in [-0.25, -0.2) is 0 Å². The molecule has 0 radical (unpaired) electrons. The van der Waals surface area contributed by atoms with Crippen LogP contribution in [0, 0.1) is 21.8 Å². The largest absolute Gasteiger partial charge is 0.281 e.